The van der Waals surface area contributed by atoms with Crippen molar-refractivity contribution in [3.63, 3.8) is 0 Å². The van der Waals surface area contributed by atoms with Crippen LogP contribution in [-0.4, -0.2) is 18.6 Å². The van der Waals surface area contributed by atoms with E-state index in [1.807, 2.05) is 0 Å². The van der Waals surface area contributed by atoms with Crippen molar-refractivity contribution in [1.29, 1.82) is 0 Å². The zero-order valence-corrected chi connectivity index (χ0v) is 9.91. The second-order valence-electron chi connectivity index (χ2n) is 5.66. The van der Waals surface area contributed by atoms with Gasteiger partial charge in [0.05, 0.1) is 0 Å². The molecule has 0 aromatic rings. The van der Waals surface area contributed by atoms with Crippen LogP contribution in [0.3, 0.4) is 0 Å². The maximum Gasteiger partial charge on any atom is 0.0137 e. The largest absolute Gasteiger partial charge is 0.330 e. The summed E-state index contributed by atoms with van der Waals surface area (Å²) in [6.45, 7) is 13.1. The van der Waals surface area contributed by atoms with Gasteiger partial charge in [-0.25, -0.2) is 0 Å². The minimum absolute atomic E-state index is 0.194. The summed E-state index contributed by atoms with van der Waals surface area (Å²) in [7, 11) is 0. The molecule has 0 aromatic carbocycles. The summed E-state index contributed by atoms with van der Waals surface area (Å²) in [5, 5.41) is 3.54. The Bertz CT molecular complexity index is 134. The average molecular weight is 186 g/mol. The lowest BCUT2D eigenvalue weighted by Crippen LogP contribution is -2.42. The van der Waals surface area contributed by atoms with Gasteiger partial charge in [0.1, 0.15) is 0 Å². The van der Waals surface area contributed by atoms with Gasteiger partial charge in [0.15, 0.2) is 0 Å². The van der Waals surface area contributed by atoms with Crippen LogP contribution in [0.15, 0.2) is 0 Å². The first kappa shape index (κ1) is 12.9. The predicted octanol–water partition coefficient (Wildman–Crippen LogP) is 2.14. The monoisotopic (exact) mass is 186 g/mol. The third-order valence-electron chi connectivity index (χ3n) is 2.25. The summed E-state index contributed by atoms with van der Waals surface area (Å²) in [5.74, 6) is 0. The second kappa shape index (κ2) is 4.97. The summed E-state index contributed by atoms with van der Waals surface area (Å²) in [6, 6.07) is 0. The van der Waals surface area contributed by atoms with Gasteiger partial charge in [0.2, 0.25) is 0 Å². The molecule has 0 spiro atoms. The van der Waals surface area contributed by atoms with E-state index in [2.05, 4.69) is 39.9 Å². The third kappa shape index (κ3) is 8.26. The molecule has 0 atom stereocenters. The molecule has 0 aromatic heterocycles. The van der Waals surface area contributed by atoms with Gasteiger partial charge in [-0.15, -0.1) is 0 Å². The summed E-state index contributed by atoms with van der Waals surface area (Å²) >= 11 is 0. The molecule has 0 aliphatic rings. The Balaban J connectivity index is 3.63. The quantitative estimate of drug-likeness (QED) is 0.690. The molecular weight excluding hydrogens is 160 g/mol. The third-order valence-corrected chi connectivity index (χ3v) is 2.25. The van der Waals surface area contributed by atoms with Gasteiger partial charge in [-0.3, -0.25) is 0 Å². The molecule has 13 heavy (non-hydrogen) atoms. The van der Waals surface area contributed by atoms with Gasteiger partial charge in [-0.2, -0.15) is 0 Å². The molecule has 80 valence electrons. The van der Waals surface area contributed by atoms with Crippen LogP contribution in [0.25, 0.3) is 0 Å². The van der Waals surface area contributed by atoms with Crippen LogP contribution in [0.4, 0.5) is 0 Å². The molecule has 0 aliphatic carbocycles. The Hall–Kier alpha value is -0.0800. The molecule has 0 heterocycles. The van der Waals surface area contributed by atoms with Gasteiger partial charge in [-0.1, -0.05) is 20.8 Å². The van der Waals surface area contributed by atoms with Crippen LogP contribution in [-0.2, 0) is 0 Å². The number of rotatable bonds is 5. The van der Waals surface area contributed by atoms with E-state index >= 15 is 0 Å². The van der Waals surface area contributed by atoms with E-state index in [9.17, 15) is 0 Å². The van der Waals surface area contributed by atoms with E-state index in [-0.39, 0.29) is 5.54 Å². The van der Waals surface area contributed by atoms with Crippen LogP contribution in [0.2, 0.25) is 0 Å². The fourth-order valence-corrected chi connectivity index (χ4v) is 1.23. The van der Waals surface area contributed by atoms with E-state index in [4.69, 9.17) is 5.73 Å². The highest BCUT2D eigenvalue weighted by molar-refractivity contribution is 4.78. The molecular formula is C11H26N2. The highest BCUT2D eigenvalue weighted by atomic mass is 15.0. The predicted molar refractivity (Wildman–Crippen MR) is 59.8 cm³/mol. The Morgan fingerprint density at radius 2 is 1.54 bits per heavy atom. The first-order chi connectivity index (χ1) is 5.77. The van der Waals surface area contributed by atoms with E-state index < -0.39 is 0 Å². The Morgan fingerprint density at radius 1 is 1.00 bits per heavy atom. The van der Waals surface area contributed by atoms with E-state index in [0.29, 0.717) is 5.41 Å². The summed E-state index contributed by atoms with van der Waals surface area (Å²) in [6.07, 6.45) is 2.25. The maximum atomic E-state index is 5.53. The molecule has 0 saturated carbocycles. The zero-order valence-electron chi connectivity index (χ0n) is 9.91. The fraction of sp³-hybridized carbons (Fsp3) is 1.00. The smallest absolute Gasteiger partial charge is 0.0137 e. The van der Waals surface area contributed by atoms with Gasteiger partial charge < -0.3 is 11.1 Å². The Kier molecular flexibility index (Phi) is 4.93. The van der Waals surface area contributed by atoms with Crippen molar-refractivity contribution in [2.75, 3.05) is 13.1 Å². The van der Waals surface area contributed by atoms with E-state index in [0.717, 1.165) is 19.5 Å². The lowest BCUT2D eigenvalue weighted by Gasteiger charge is -2.28. The average Bonchev–Trinajstić information content (AvgIpc) is 1.82. The zero-order chi connectivity index (χ0) is 10.5. The maximum absolute atomic E-state index is 5.53. The fourth-order valence-electron chi connectivity index (χ4n) is 1.23. The second-order valence-corrected chi connectivity index (χ2v) is 5.66. The molecule has 3 N–H and O–H groups in total. The van der Waals surface area contributed by atoms with Crippen molar-refractivity contribution in [3.05, 3.63) is 0 Å². The molecule has 2 nitrogen and oxygen atoms in total. The van der Waals surface area contributed by atoms with Crippen molar-refractivity contribution in [3.8, 4) is 0 Å². The van der Waals surface area contributed by atoms with Gasteiger partial charge in [-0.05, 0) is 45.2 Å². The molecule has 0 aliphatic heterocycles. The summed E-state index contributed by atoms with van der Waals surface area (Å²) in [5.41, 5.74) is 6.15. The molecule has 0 unspecified atom stereocenters. The molecule has 0 radical (unpaired) electrons. The van der Waals surface area contributed by atoms with Crippen molar-refractivity contribution < 1.29 is 0 Å². The van der Waals surface area contributed by atoms with Crippen LogP contribution in [0.5, 0.6) is 0 Å². The molecule has 0 amide bonds. The highest BCUT2D eigenvalue weighted by Crippen LogP contribution is 2.18. The van der Waals surface area contributed by atoms with Crippen LogP contribution < -0.4 is 11.1 Å². The first-order valence-corrected chi connectivity index (χ1v) is 5.22. The Morgan fingerprint density at radius 3 is 1.92 bits per heavy atom. The number of nitrogens with one attached hydrogen (secondary N) is 1. The molecule has 0 fully saturated rings. The number of nitrogens with two attached hydrogens (primary N) is 1. The minimum Gasteiger partial charge on any atom is -0.330 e. The van der Waals surface area contributed by atoms with E-state index in [1.54, 1.807) is 0 Å². The highest BCUT2D eigenvalue weighted by Gasteiger charge is 2.17. The lowest BCUT2D eigenvalue weighted by atomic mass is 9.91. The van der Waals surface area contributed by atoms with Gasteiger partial charge in [0, 0.05) is 5.54 Å². The SMILES string of the molecule is CC(C)(C)CCNC(C)(C)CCN. The van der Waals surface area contributed by atoms with Crippen LogP contribution in [0.1, 0.15) is 47.5 Å². The van der Waals surface area contributed by atoms with Crippen molar-refractivity contribution in [2.45, 2.75) is 53.0 Å². The number of hydrogen-bond donors (Lipinski definition) is 2. The summed E-state index contributed by atoms with van der Waals surface area (Å²) < 4.78 is 0. The van der Waals surface area contributed by atoms with Crippen molar-refractivity contribution in [1.82, 2.24) is 5.32 Å². The minimum atomic E-state index is 0.194. The van der Waals surface area contributed by atoms with E-state index in [1.165, 1.54) is 6.42 Å². The Labute approximate surface area is 83.3 Å². The van der Waals surface area contributed by atoms with Crippen molar-refractivity contribution in [2.24, 2.45) is 11.1 Å². The molecule has 0 saturated heterocycles. The van der Waals surface area contributed by atoms with Gasteiger partial charge >= 0.3 is 0 Å². The lowest BCUT2D eigenvalue weighted by molar-refractivity contribution is 0.311. The first-order valence-electron chi connectivity index (χ1n) is 5.22. The molecule has 0 bridgehead atoms. The topological polar surface area (TPSA) is 38.0 Å². The van der Waals surface area contributed by atoms with Crippen LogP contribution >= 0.6 is 0 Å². The molecule has 2 heteroatoms. The molecule has 0 rings (SSSR count). The summed E-state index contributed by atoms with van der Waals surface area (Å²) in [4.78, 5) is 0. The van der Waals surface area contributed by atoms with Crippen molar-refractivity contribution >= 4 is 0 Å². The number of hydrogen-bond acceptors (Lipinski definition) is 2. The van der Waals surface area contributed by atoms with Crippen LogP contribution in [0, 0.1) is 5.41 Å². The normalized spacial score (nSPS) is 13.4. The van der Waals surface area contributed by atoms with Gasteiger partial charge in [0.25, 0.3) is 0 Å². The standard InChI is InChI=1S/C11H26N2/c1-10(2,3)7-9-13-11(4,5)6-8-12/h13H,6-9,12H2,1-5H3.